The molecule has 122 valence electrons. The summed E-state index contributed by atoms with van der Waals surface area (Å²) in [6, 6.07) is 4.92. The number of ether oxygens (including phenoxy) is 1. The molecule has 0 aromatic heterocycles. The second kappa shape index (κ2) is 7.53. The van der Waals surface area contributed by atoms with E-state index in [4.69, 9.17) is 10.5 Å². The van der Waals surface area contributed by atoms with Gasteiger partial charge in [-0.25, -0.2) is 4.39 Å². The van der Waals surface area contributed by atoms with Gasteiger partial charge < -0.3 is 10.5 Å². The van der Waals surface area contributed by atoms with Crippen LogP contribution in [0.1, 0.15) is 24.8 Å². The van der Waals surface area contributed by atoms with Gasteiger partial charge in [0.05, 0.1) is 5.41 Å². The molecule has 2 N–H and O–H groups in total. The van der Waals surface area contributed by atoms with E-state index in [0.29, 0.717) is 31.7 Å². The maximum atomic E-state index is 13.9. The van der Waals surface area contributed by atoms with E-state index in [9.17, 15) is 9.18 Å². The summed E-state index contributed by atoms with van der Waals surface area (Å²) in [5.41, 5.74) is 5.70. The Morgan fingerprint density at radius 3 is 3.00 bits per heavy atom. The van der Waals surface area contributed by atoms with Gasteiger partial charge in [-0.2, -0.15) is 0 Å². The summed E-state index contributed by atoms with van der Waals surface area (Å²) in [5, 5.41) is 0. The number of hydrogen-bond donors (Lipinski definition) is 1. The average molecular weight is 373 g/mol. The van der Waals surface area contributed by atoms with E-state index in [-0.39, 0.29) is 11.7 Å². The SMILES string of the molecule is COCCC1(C(N)=O)CCCN(Cc2cc(Br)ccc2F)C1. The van der Waals surface area contributed by atoms with E-state index < -0.39 is 5.41 Å². The van der Waals surface area contributed by atoms with Crippen molar-refractivity contribution in [2.75, 3.05) is 26.8 Å². The van der Waals surface area contributed by atoms with E-state index in [2.05, 4.69) is 20.8 Å². The number of carbonyl (C=O) groups is 1. The molecule has 1 amide bonds. The van der Waals surface area contributed by atoms with Gasteiger partial charge in [-0.3, -0.25) is 9.69 Å². The third-order valence-electron chi connectivity index (χ3n) is 4.37. The second-order valence-electron chi connectivity index (χ2n) is 5.94. The summed E-state index contributed by atoms with van der Waals surface area (Å²) in [5.74, 6) is -0.515. The number of nitrogens with zero attached hydrogens (tertiary/aromatic N) is 1. The van der Waals surface area contributed by atoms with Gasteiger partial charge in [-0.1, -0.05) is 15.9 Å². The Labute approximate surface area is 138 Å². The molecule has 2 rings (SSSR count). The molecule has 1 aliphatic heterocycles. The molecule has 22 heavy (non-hydrogen) atoms. The molecule has 1 heterocycles. The zero-order chi connectivity index (χ0) is 16.2. The maximum absolute atomic E-state index is 13.9. The molecule has 0 aliphatic carbocycles. The van der Waals surface area contributed by atoms with Crippen LogP contribution < -0.4 is 5.73 Å². The molecule has 0 spiro atoms. The molecule has 1 saturated heterocycles. The highest BCUT2D eigenvalue weighted by molar-refractivity contribution is 9.10. The number of rotatable bonds is 6. The number of likely N-dealkylation sites (tertiary alicyclic amines) is 1. The average Bonchev–Trinajstić information content (AvgIpc) is 2.49. The van der Waals surface area contributed by atoms with Gasteiger partial charge in [0, 0.05) is 36.8 Å². The van der Waals surface area contributed by atoms with Crippen LogP contribution >= 0.6 is 15.9 Å². The van der Waals surface area contributed by atoms with Gasteiger partial charge in [0.25, 0.3) is 0 Å². The largest absolute Gasteiger partial charge is 0.385 e. The lowest BCUT2D eigenvalue weighted by Gasteiger charge is -2.40. The lowest BCUT2D eigenvalue weighted by atomic mass is 9.76. The standard InChI is InChI=1S/C16H22BrFN2O2/c1-22-8-6-16(15(19)21)5-2-7-20(11-16)10-12-9-13(17)3-4-14(12)18/h3-4,9H,2,5-8,10-11H2,1H3,(H2,19,21). The molecule has 0 bridgehead atoms. The van der Waals surface area contributed by atoms with Gasteiger partial charge in [0.15, 0.2) is 0 Å². The van der Waals surface area contributed by atoms with Crippen LogP contribution in [0.2, 0.25) is 0 Å². The highest BCUT2D eigenvalue weighted by atomic mass is 79.9. The van der Waals surface area contributed by atoms with Crippen molar-refractivity contribution in [1.82, 2.24) is 4.90 Å². The highest BCUT2D eigenvalue weighted by Gasteiger charge is 2.40. The molecule has 1 aliphatic rings. The van der Waals surface area contributed by atoms with Crippen molar-refractivity contribution < 1.29 is 13.9 Å². The first kappa shape index (κ1) is 17.4. The fraction of sp³-hybridized carbons (Fsp3) is 0.562. The van der Waals surface area contributed by atoms with E-state index in [1.165, 1.54) is 6.07 Å². The first-order valence-electron chi connectivity index (χ1n) is 7.42. The number of benzene rings is 1. The summed E-state index contributed by atoms with van der Waals surface area (Å²) >= 11 is 3.37. The number of methoxy groups -OCH3 is 1. The molecule has 1 atom stereocenters. The Bertz CT molecular complexity index is 541. The van der Waals surface area contributed by atoms with Crippen LogP contribution in [0.25, 0.3) is 0 Å². The van der Waals surface area contributed by atoms with Crippen LogP contribution in [0.4, 0.5) is 4.39 Å². The molecular formula is C16H22BrFN2O2. The summed E-state index contributed by atoms with van der Waals surface area (Å²) in [7, 11) is 1.62. The van der Waals surface area contributed by atoms with Gasteiger partial charge >= 0.3 is 0 Å². The molecule has 6 heteroatoms. The zero-order valence-electron chi connectivity index (χ0n) is 12.8. The topological polar surface area (TPSA) is 55.6 Å². The van der Waals surface area contributed by atoms with Crippen LogP contribution in [-0.2, 0) is 16.1 Å². The van der Waals surface area contributed by atoms with E-state index in [0.717, 1.165) is 23.9 Å². The van der Waals surface area contributed by atoms with Crippen molar-refractivity contribution in [2.24, 2.45) is 11.1 Å². The van der Waals surface area contributed by atoms with Gasteiger partial charge in [-0.05, 0) is 44.0 Å². The summed E-state index contributed by atoms with van der Waals surface area (Å²) in [4.78, 5) is 14.1. The molecule has 1 fully saturated rings. The Morgan fingerprint density at radius 2 is 2.32 bits per heavy atom. The van der Waals surface area contributed by atoms with Crippen LogP contribution in [0.5, 0.6) is 0 Å². The minimum atomic E-state index is -0.573. The minimum Gasteiger partial charge on any atom is -0.385 e. The first-order chi connectivity index (χ1) is 10.5. The molecule has 0 saturated carbocycles. The number of halogens is 2. The van der Waals surface area contributed by atoms with Gasteiger partial charge in [-0.15, -0.1) is 0 Å². The quantitative estimate of drug-likeness (QED) is 0.834. The maximum Gasteiger partial charge on any atom is 0.225 e. The molecule has 1 unspecified atom stereocenters. The predicted octanol–water partition coefficient (Wildman–Crippen LogP) is 2.69. The molecular weight excluding hydrogens is 351 g/mol. The van der Waals surface area contributed by atoms with Crippen LogP contribution in [-0.4, -0.2) is 37.6 Å². The van der Waals surface area contributed by atoms with Crippen molar-refractivity contribution in [3.05, 3.63) is 34.1 Å². The zero-order valence-corrected chi connectivity index (χ0v) is 14.4. The Balaban J connectivity index is 2.12. The van der Waals surface area contributed by atoms with Gasteiger partial charge in [0.2, 0.25) is 5.91 Å². The third-order valence-corrected chi connectivity index (χ3v) is 4.86. The van der Waals surface area contributed by atoms with Crippen LogP contribution in [0, 0.1) is 11.2 Å². The fourth-order valence-corrected chi connectivity index (χ4v) is 3.50. The number of nitrogens with two attached hydrogens (primary N) is 1. The number of carbonyl (C=O) groups excluding carboxylic acids is 1. The van der Waals surface area contributed by atoms with Crippen molar-refractivity contribution >= 4 is 21.8 Å². The predicted molar refractivity (Wildman–Crippen MR) is 86.7 cm³/mol. The van der Waals surface area contributed by atoms with E-state index >= 15 is 0 Å². The van der Waals surface area contributed by atoms with Crippen LogP contribution in [0.3, 0.4) is 0 Å². The number of primary amides is 1. The third kappa shape index (κ3) is 4.06. The lowest BCUT2D eigenvalue weighted by Crippen LogP contribution is -2.50. The van der Waals surface area contributed by atoms with Crippen molar-refractivity contribution in [3.63, 3.8) is 0 Å². The minimum absolute atomic E-state index is 0.227. The van der Waals surface area contributed by atoms with Crippen molar-refractivity contribution in [2.45, 2.75) is 25.8 Å². The Morgan fingerprint density at radius 1 is 1.55 bits per heavy atom. The first-order valence-corrected chi connectivity index (χ1v) is 8.21. The number of piperidine rings is 1. The normalized spacial score (nSPS) is 22.7. The molecule has 4 nitrogen and oxygen atoms in total. The van der Waals surface area contributed by atoms with Crippen molar-refractivity contribution in [3.8, 4) is 0 Å². The smallest absolute Gasteiger partial charge is 0.225 e. The number of amides is 1. The molecule has 0 radical (unpaired) electrons. The van der Waals surface area contributed by atoms with E-state index in [1.54, 1.807) is 19.2 Å². The molecule has 1 aromatic carbocycles. The van der Waals surface area contributed by atoms with Gasteiger partial charge in [0.1, 0.15) is 5.82 Å². The Kier molecular flexibility index (Phi) is 5.94. The highest BCUT2D eigenvalue weighted by Crippen LogP contribution is 2.34. The summed E-state index contributed by atoms with van der Waals surface area (Å²) < 4.78 is 19.9. The summed E-state index contributed by atoms with van der Waals surface area (Å²) in [6.45, 7) is 2.38. The monoisotopic (exact) mass is 372 g/mol. The van der Waals surface area contributed by atoms with Crippen molar-refractivity contribution in [1.29, 1.82) is 0 Å². The lowest BCUT2D eigenvalue weighted by molar-refractivity contribution is -0.132. The fourth-order valence-electron chi connectivity index (χ4n) is 3.09. The number of hydrogen-bond acceptors (Lipinski definition) is 3. The summed E-state index contributed by atoms with van der Waals surface area (Å²) in [6.07, 6.45) is 2.25. The van der Waals surface area contributed by atoms with E-state index in [1.807, 2.05) is 0 Å². The molecule has 1 aromatic rings. The van der Waals surface area contributed by atoms with Crippen LogP contribution in [0.15, 0.2) is 22.7 Å². The Hall–Kier alpha value is -0.980. The second-order valence-corrected chi connectivity index (χ2v) is 6.85.